The van der Waals surface area contributed by atoms with Gasteiger partial charge >= 0.3 is 0 Å². The number of nitrogens with two attached hydrogens (primary N) is 1. The standard InChI is InChI=1S/C10H10N2O/c11-6-9-10(13)5-7-3-1-2-4-8(7)12-9/h1-5,13H,6,11H2. The number of fused-ring (bicyclic) bond motifs is 1. The molecule has 0 saturated heterocycles. The van der Waals surface area contributed by atoms with Crippen LogP contribution in [0.1, 0.15) is 5.69 Å². The maximum absolute atomic E-state index is 9.47. The van der Waals surface area contributed by atoms with Crippen molar-refractivity contribution in [3.8, 4) is 5.75 Å². The molecule has 0 aliphatic carbocycles. The Labute approximate surface area is 75.8 Å². The monoisotopic (exact) mass is 174 g/mol. The summed E-state index contributed by atoms with van der Waals surface area (Å²) < 4.78 is 0. The number of pyridine rings is 1. The fourth-order valence-corrected chi connectivity index (χ4v) is 1.29. The summed E-state index contributed by atoms with van der Waals surface area (Å²) >= 11 is 0. The van der Waals surface area contributed by atoms with Gasteiger partial charge in [0.1, 0.15) is 5.75 Å². The van der Waals surface area contributed by atoms with E-state index < -0.39 is 0 Å². The minimum Gasteiger partial charge on any atom is -0.506 e. The molecule has 0 atom stereocenters. The van der Waals surface area contributed by atoms with Crippen molar-refractivity contribution in [3.05, 3.63) is 36.0 Å². The van der Waals surface area contributed by atoms with Gasteiger partial charge in [-0.15, -0.1) is 0 Å². The van der Waals surface area contributed by atoms with Crippen molar-refractivity contribution in [1.82, 2.24) is 4.98 Å². The summed E-state index contributed by atoms with van der Waals surface area (Å²) in [4.78, 5) is 4.22. The van der Waals surface area contributed by atoms with Gasteiger partial charge in [0.2, 0.25) is 0 Å². The molecule has 0 saturated carbocycles. The SMILES string of the molecule is NCc1nc2ccccc2cc1O. The Balaban J connectivity index is 2.74. The van der Waals surface area contributed by atoms with E-state index in [1.54, 1.807) is 6.07 Å². The van der Waals surface area contributed by atoms with Crippen LogP contribution in [-0.4, -0.2) is 10.1 Å². The van der Waals surface area contributed by atoms with Crippen LogP contribution in [0.25, 0.3) is 10.9 Å². The molecule has 0 amide bonds. The highest BCUT2D eigenvalue weighted by Gasteiger charge is 2.02. The molecule has 3 heteroatoms. The lowest BCUT2D eigenvalue weighted by Crippen LogP contribution is -1.99. The van der Waals surface area contributed by atoms with Crippen LogP contribution in [0.5, 0.6) is 5.75 Å². The average Bonchev–Trinajstić information content (AvgIpc) is 2.17. The number of aromatic nitrogens is 1. The molecule has 13 heavy (non-hydrogen) atoms. The van der Waals surface area contributed by atoms with E-state index in [0.29, 0.717) is 5.69 Å². The third kappa shape index (κ3) is 1.34. The summed E-state index contributed by atoms with van der Waals surface area (Å²) in [6, 6.07) is 9.30. The first-order valence-electron chi connectivity index (χ1n) is 4.09. The Morgan fingerprint density at radius 3 is 2.85 bits per heavy atom. The number of hydrogen-bond donors (Lipinski definition) is 2. The van der Waals surface area contributed by atoms with Crippen LogP contribution in [-0.2, 0) is 6.54 Å². The van der Waals surface area contributed by atoms with Crippen LogP contribution in [0.4, 0.5) is 0 Å². The lowest BCUT2D eigenvalue weighted by atomic mass is 10.2. The minimum atomic E-state index is 0.168. The average molecular weight is 174 g/mol. The maximum atomic E-state index is 9.47. The van der Waals surface area contributed by atoms with Gasteiger partial charge in [-0.05, 0) is 12.1 Å². The summed E-state index contributed by atoms with van der Waals surface area (Å²) in [5.41, 5.74) is 6.82. The van der Waals surface area contributed by atoms with E-state index in [1.807, 2.05) is 24.3 Å². The van der Waals surface area contributed by atoms with Gasteiger partial charge in [0.05, 0.1) is 11.2 Å². The first-order valence-corrected chi connectivity index (χ1v) is 4.09. The maximum Gasteiger partial charge on any atom is 0.139 e. The molecule has 1 aromatic heterocycles. The van der Waals surface area contributed by atoms with Crippen molar-refractivity contribution in [2.45, 2.75) is 6.54 Å². The van der Waals surface area contributed by atoms with Crippen molar-refractivity contribution in [3.63, 3.8) is 0 Å². The first kappa shape index (κ1) is 8.01. The van der Waals surface area contributed by atoms with Gasteiger partial charge in [0.25, 0.3) is 0 Å². The van der Waals surface area contributed by atoms with Crippen molar-refractivity contribution in [2.24, 2.45) is 5.73 Å². The molecule has 0 bridgehead atoms. The third-order valence-corrected chi connectivity index (χ3v) is 1.97. The van der Waals surface area contributed by atoms with Crippen molar-refractivity contribution < 1.29 is 5.11 Å². The normalized spacial score (nSPS) is 10.5. The van der Waals surface area contributed by atoms with E-state index >= 15 is 0 Å². The van der Waals surface area contributed by atoms with Crippen LogP contribution in [0.15, 0.2) is 30.3 Å². The molecule has 0 fully saturated rings. The summed E-state index contributed by atoms with van der Waals surface area (Å²) in [6.07, 6.45) is 0. The predicted octanol–water partition coefficient (Wildman–Crippen LogP) is 1.40. The molecule has 3 nitrogen and oxygen atoms in total. The van der Waals surface area contributed by atoms with E-state index in [0.717, 1.165) is 10.9 Å². The van der Waals surface area contributed by atoms with Gasteiger partial charge < -0.3 is 10.8 Å². The summed E-state index contributed by atoms with van der Waals surface area (Å²) in [7, 11) is 0. The molecule has 1 heterocycles. The molecule has 66 valence electrons. The second-order valence-corrected chi connectivity index (χ2v) is 2.85. The van der Waals surface area contributed by atoms with Gasteiger partial charge in [0.15, 0.2) is 0 Å². The highest BCUT2D eigenvalue weighted by molar-refractivity contribution is 5.80. The van der Waals surface area contributed by atoms with Crippen LogP contribution in [0.3, 0.4) is 0 Å². The molecule has 2 rings (SSSR count). The van der Waals surface area contributed by atoms with Crippen LogP contribution in [0.2, 0.25) is 0 Å². The molecular formula is C10H10N2O. The zero-order valence-electron chi connectivity index (χ0n) is 7.07. The van der Waals surface area contributed by atoms with Crippen molar-refractivity contribution in [1.29, 1.82) is 0 Å². The first-order chi connectivity index (χ1) is 6.31. The molecule has 3 N–H and O–H groups in total. The van der Waals surface area contributed by atoms with E-state index in [4.69, 9.17) is 5.73 Å². The number of rotatable bonds is 1. The number of para-hydroxylation sites is 1. The topological polar surface area (TPSA) is 59.1 Å². The molecule has 2 aromatic rings. The van der Waals surface area contributed by atoms with Gasteiger partial charge in [-0.25, -0.2) is 4.98 Å². The molecule has 0 radical (unpaired) electrons. The van der Waals surface area contributed by atoms with Crippen molar-refractivity contribution in [2.75, 3.05) is 0 Å². The molecule has 0 aliphatic rings. The van der Waals surface area contributed by atoms with Gasteiger partial charge in [-0.2, -0.15) is 0 Å². The molecule has 1 aromatic carbocycles. The summed E-state index contributed by atoms with van der Waals surface area (Å²) in [6.45, 7) is 0.261. The Kier molecular flexibility index (Phi) is 1.87. The van der Waals surface area contributed by atoms with E-state index in [9.17, 15) is 5.11 Å². The predicted molar refractivity (Wildman–Crippen MR) is 51.3 cm³/mol. The fraction of sp³-hybridized carbons (Fsp3) is 0.100. The smallest absolute Gasteiger partial charge is 0.139 e. The van der Waals surface area contributed by atoms with Crippen LogP contribution >= 0.6 is 0 Å². The van der Waals surface area contributed by atoms with E-state index in [2.05, 4.69) is 4.98 Å². The van der Waals surface area contributed by atoms with Crippen molar-refractivity contribution >= 4 is 10.9 Å². The lowest BCUT2D eigenvalue weighted by Gasteiger charge is -2.02. The summed E-state index contributed by atoms with van der Waals surface area (Å²) in [5, 5.41) is 10.4. The highest BCUT2D eigenvalue weighted by Crippen LogP contribution is 2.20. The van der Waals surface area contributed by atoms with Gasteiger partial charge in [-0.3, -0.25) is 0 Å². The van der Waals surface area contributed by atoms with E-state index in [-0.39, 0.29) is 12.3 Å². The third-order valence-electron chi connectivity index (χ3n) is 1.97. The van der Waals surface area contributed by atoms with Crippen LogP contribution in [0, 0.1) is 0 Å². The largest absolute Gasteiger partial charge is 0.506 e. The van der Waals surface area contributed by atoms with Gasteiger partial charge in [-0.1, -0.05) is 18.2 Å². The second-order valence-electron chi connectivity index (χ2n) is 2.85. The molecule has 0 unspecified atom stereocenters. The Morgan fingerprint density at radius 2 is 2.08 bits per heavy atom. The molecular weight excluding hydrogens is 164 g/mol. The zero-order valence-corrected chi connectivity index (χ0v) is 7.07. The number of hydrogen-bond acceptors (Lipinski definition) is 3. The zero-order chi connectivity index (χ0) is 9.26. The second kappa shape index (κ2) is 3.03. The quantitative estimate of drug-likeness (QED) is 0.687. The minimum absolute atomic E-state index is 0.168. The number of benzene rings is 1. The Morgan fingerprint density at radius 1 is 1.31 bits per heavy atom. The number of aromatic hydroxyl groups is 1. The van der Waals surface area contributed by atoms with E-state index in [1.165, 1.54) is 0 Å². The Bertz CT molecular complexity index is 440. The highest BCUT2D eigenvalue weighted by atomic mass is 16.3. The lowest BCUT2D eigenvalue weighted by molar-refractivity contribution is 0.466. The van der Waals surface area contributed by atoms with Crippen LogP contribution < -0.4 is 5.73 Å². The molecule has 0 spiro atoms. The Hall–Kier alpha value is -1.61. The fourth-order valence-electron chi connectivity index (χ4n) is 1.29. The number of nitrogens with zero attached hydrogens (tertiary/aromatic N) is 1. The summed E-state index contributed by atoms with van der Waals surface area (Å²) in [5.74, 6) is 0.168. The van der Waals surface area contributed by atoms with Gasteiger partial charge in [0, 0.05) is 11.9 Å². The molecule has 0 aliphatic heterocycles.